The zero-order chi connectivity index (χ0) is 34.1. The van der Waals surface area contributed by atoms with Gasteiger partial charge in [0.15, 0.2) is 12.6 Å². The second-order valence-electron chi connectivity index (χ2n) is 12.4. The zero-order valence-electron chi connectivity index (χ0n) is 27.6. The molecule has 270 valence electrons. The van der Waals surface area contributed by atoms with Crippen molar-refractivity contribution in [3.05, 3.63) is 0 Å². The summed E-state index contributed by atoms with van der Waals surface area (Å²) in [6.45, 7) is 4.21. The molecule has 12 atom stereocenters. The van der Waals surface area contributed by atoms with Gasteiger partial charge in [-0.15, -0.1) is 0 Å². The van der Waals surface area contributed by atoms with Gasteiger partial charge in [0.05, 0.1) is 12.7 Å². The molecular formula is C32H58O14. The average molecular weight is 667 g/mol. The highest BCUT2D eigenvalue weighted by Crippen LogP contribution is 2.31. The summed E-state index contributed by atoms with van der Waals surface area (Å²) in [6.07, 6.45) is -2.56. The number of rotatable bonds is 23. The molecule has 14 heteroatoms. The Hall–Kier alpha value is -1.46. The third-order valence-electron chi connectivity index (χ3n) is 8.68. The summed E-state index contributed by atoms with van der Waals surface area (Å²) in [4.78, 5) is 22.6. The minimum Gasteiger partial charge on any atom is -0.463 e. The fourth-order valence-electron chi connectivity index (χ4n) is 5.80. The van der Waals surface area contributed by atoms with E-state index in [0.717, 1.165) is 32.6 Å². The smallest absolute Gasteiger partial charge is 0.302 e. The number of carbonyl (C=O) groups is 2. The highest BCUT2D eigenvalue weighted by molar-refractivity contribution is 5.65. The first-order chi connectivity index (χ1) is 22.0. The predicted molar refractivity (Wildman–Crippen MR) is 163 cm³/mol. The van der Waals surface area contributed by atoms with Crippen LogP contribution in [0.15, 0.2) is 0 Å². The lowest BCUT2D eigenvalue weighted by atomic mass is 9.97. The van der Waals surface area contributed by atoms with Crippen molar-refractivity contribution < 1.29 is 68.6 Å². The van der Waals surface area contributed by atoms with Crippen LogP contribution in [0.25, 0.3) is 0 Å². The van der Waals surface area contributed by atoms with Crippen molar-refractivity contribution in [1.29, 1.82) is 0 Å². The maximum absolute atomic E-state index is 11.3. The molecular weight excluding hydrogens is 608 g/mol. The number of carbonyl (C=O) groups excluding carboxylic acids is 2. The van der Waals surface area contributed by atoms with E-state index in [0.29, 0.717) is 12.9 Å². The van der Waals surface area contributed by atoms with Crippen LogP contribution in [-0.2, 0) is 38.0 Å². The molecule has 2 rings (SSSR count). The van der Waals surface area contributed by atoms with Crippen LogP contribution in [-0.4, -0.2) is 130 Å². The van der Waals surface area contributed by atoms with Crippen molar-refractivity contribution in [3.63, 3.8) is 0 Å². The van der Waals surface area contributed by atoms with Gasteiger partial charge in [0.2, 0.25) is 0 Å². The third kappa shape index (κ3) is 13.2. The Morgan fingerprint density at radius 3 is 1.85 bits per heavy atom. The lowest BCUT2D eigenvalue weighted by molar-refractivity contribution is -0.373. The number of ether oxygens (including phenoxy) is 6. The van der Waals surface area contributed by atoms with Crippen molar-refractivity contribution in [2.45, 2.75) is 178 Å². The number of hydrogen-bond acceptors (Lipinski definition) is 14. The lowest BCUT2D eigenvalue weighted by Crippen LogP contribution is -2.65. The van der Waals surface area contributed by atoms with E-state index < -0.39 is 92.8 Å². The Kier molecular flexibility index (Phi) is 19.7. The molecule has 0 aromatic carbocycles. The first kappa shape index (κ1) is 40.7. The summed E-state index contributed by atoms with van der Waals surface area (Å²) >= 11 is 0. The van der Waals surface area contributed by atoms with Crippen molar-refractivity contribution in [3.8, 4) is 0 Å². The summed E-state index contributed by atoms with van der Waals surface area (Å²) in [5.41, 5.74) is 0. The molecule has 0 aliphatic carbocycles. The van der Waals surface area contributed by atoms with Gasteiger partial charge < -0.3 is 59.1 Å². The Labute approximate surface area is 272 Å². The molecule has 2 aliphatic heterocycles. The van der Waals surface area contributed by atoms with Crippen LogP contribution in [0.1, 0.15) is 104 Å². The summed E-state index contributed by atoms with van der Waals surface area (Å²) in [7, 11) is 0. The molecule has 0 radical (unpaired) electrons. The maximum atomic E-state index is 11.3. The standard InChI is InChI=1S/C32H58O14/c1-4-5-6-7-8-9-10-11-12-13-14-15-16-22(42-19-34)20(2)43-32-30(28(39)25(36)23(17-33)44-32)46-31-29(40)27(38)26(37)24(45-31)18-41-21(3)35/h19-20,22-33,36-40H,4-18H2,1-3H3/t20-,22?,23?,24?,25+,26+,27?,28?,29-,30-,31-,32?/m0/s1. The van der Waals surface area contributed by atoms with Gasteiger partial charge in [-0.3, -0.25) is 9.59 Å². The van der Waals surface area contributed by atoms with Gasteiger partial charge in [-0.1, -0.05) is 77.6 Å². The number of aliphatic hydroxyl groups is 6. The van der Waals surface area contributed by atoms with E-state index in [2.05, 4.69) is 6.92 Å². The number of esters is 1. The maximum Gasteiger partial charge on any atom is 0.302 e. The van der Waals surface area contributed by atoms with Crippen molar-refractivity contribution >= 4 is 12.4 Å². The van der Waals surface area contributed by atoms with E-state index in [1.165, 1.54) is 51.4 Å². The fourth-order valence-corrected chi connectivity index (χ4v) is 5.80. The highest BCUT2D eigenvalue weighted by atomic mass is 16.8. The third-order valence-corrected chi connectivity index (χ3v) is 8.68. The summed E-state index contributed by atoms with van der Waals surface area (Å²) in [5.74, 6) is -0.666. The van der Waals surface area contributed by atoms with Gasteiger partial charge >= 0.3 is 5.97 Å². The molecule has 2 heterocycles. The monoisotopic (exact) mass is 666 g/mol. The van der Waals surface area contributed by atoms with Gasteiger partial charge in [-0.05, 0) is 19.8 Å². The van der Waals surface area contributed by atoms with Crippen LogP contribution in [0, 0.1) is 0 Å². The van der Waals surface area contributed by atoms with Crippen LogP contribution in [0.2, 0.25) is 0 Å². The molecule has 0 spiro atoms. The van der Waals surface area contributed by atoms with E-state index in [4.69, 9.17) is 28.4 Å². The zero-order valence-corrected chi connectivity index (χ0v) is 27.6. The van der Waals surface area contributed by atoms with Crippen LogP contribution in [0.4, 0.5) is 0 Å². The normalized spacial score (nSPS) is 32.9. The minimum absolute atomic E-state index is 0.331. The Morgan fingerprint density at radius 1 is 0.761 bits per heavy atom. The Morgan fingerprint density at radius 2 is 1.30 bits per heavy atom. The molecule has 6 unspecified atom stereocenters. The molecule has 14 nitrogen and oxygen atoms in total. The average Bonchev–Trinajstić information content (AvgIpc) is 3.03. The Balaban J connectivity index is 1.96. The quantitative estimate of drug-likeness (QED) is 0.0515. The van der Waals surface area contributed by atoms with Crippen molar-refractivity contribution in [2.75, 3.05) is 13.2 Å². The topological polar surface area (TPSA) is 211 Å². The van der Waals surface area contributed by atoms with Crippen LogP contribution >= 0.6 is 0 Å². The molecule has 46 heavy (non-hydrogen) atoms. The molecule has 0 saturated carbocycles. The lowest BCUT2D eigenvalue weighted by Gasteiger charge is -2.46. The minimum atomic E-state index is -1.81. The fraction of sp³-hybridized carbons (Fsp3) is 0.938. The molecule has 2 aliphatic rings. The van der Waals surface area contributed by atoms with Crippen molar-refractivity contribution in [1.82, 2.24) is 0 Å². The second-order valence-corrected chi connectivity index (χ2v) is 12.4. The van der Waals surface area contributed by atoms with Gasteiger partial charge in [-0.25, -0.2) is 0 Å². The van der Waals surface area contributed by atoms with E-state index in [-0.39, 0.29) is 0 Å². The summed E-state index contributed by atoms with van der Waals surface area (Å²) in [6, 6.07) is 0. The highest BCUT2D eigenvalue weighted by Gasteiger charge is 2.51. The van der Waals surface area contributed by atoms with E-state index in [9.17, 15) is 40.2 Å². The van der Waals surface area contributed by atoms with Crippen LogP contribution in [0.5, 0.6) is 0 Å². The number of hydrogen-bond donors (Lipinski definition) is 6. The molecule has 0 amide bonds. The molecule has 0 bridgehead atoms. The molecule has 2 saturated heterocycles. The van der Waals surface area contributed by atoms with Gasteiger partial charge in [0.1, 0.15) is 61.5 Å². The predicted octanol–water partition coefficient (Wildman–Crippen LogP) is 1.22. The van der Waals surface area contributed by atoms with E-state index >= 15 is 0 Å². The molecule has 2 fully saturated rings. The number of unbranched alkanes of at least 4 members (excludes halogenated alkanes) is 11. The van der Waals surface area contributed by atoms with E-state index in [1.54, 1.807) is 6.92 Å². The molecule has 0 aromatic heterocycles. The van der Waals surface area contributed by atoms with Gasteiger partial charge in [0, 0.05) is 6.92 Å². The first-order valence-corrected chi connectivity index (χ1v) is 16.9. The van der Waals surface area contributed by atoms with Gasteiger partial charge in [0.25, 0.3) is 6.47 Å². The number of aliphatic hydroxyl groups excluding tert-OH is 6. The van der Waals surface area contributed by atoms with E-state index in [1.807, 2.05) is 0 Å². The Bertz CT molecular complexity index is 833. The van der Waals surface area contributed by atoms with Gasteiger partial charge in [-0.2, -0.15) is 0 Å². The van der Waals surface area contributed by atoms with Crippen LogP contribution in [0.3, 0.4) is 0 Å². The second kappa shape index (κ2) is 22.2. The molecule has 0 aromatic rings. The largest absolute Gasteiger partial charge is 0.463 e. The summed E-state index contributed by atoms with van der Waals surface area (Å²) < 4.78 is 33.2. The van der Waals surface area contributed by atoms with Crippen LogP contribution < -0.4 is 0 Å². The SMILES string of the molecule is CCCCCCCCCCCCCCC(OC=O)[C@H](C)OC1OC(CO)[C@@H](O)C(O)[C@@H]1O[C@@H]1OC(COC(C)=O)[C@@H](O)C(O)[C@@H]1O. The molecule has 6 N–H and O–H groups in total. The summed E-state index contributed by atoms with van der Waals surface area (Å²) in [5, 5.41) is 62.4. The van der Waals surface area contributed by atoms with Crippen molar-refractivity contribution in [2.24, 2.45) is 0 Å². The first-order valence-electron chi connectivity index (χ1n) is 16.9.